The molecule has 0 aliphatic heterocycles. The number of rotatable bonds is 3. The molecule has 0 saturated heterocycles. The van der Waals surface area contributed by atoms with Gasteiger partial charge in [-0.25, -0.2) is 0 Å². The Balaban J connectivity index is 1.63. The second-order valence-corrected chi connectivity index (χ2v) is 6.31. The van der Waals surface area contributed by atoms with Crippen molar-refractivity contribution in [2.24, 2.45) is 5.92 Å². The fraction of sp³-hybridized carbons (Fsp3) is 1.00. The van der Waals surface area contributed by atoms with Crippen molar-refractivity contribution in [3.05, 3.63) is 0 Å². The molecular formula is C16H31N. The number of hydrogen-bond donors (Lipinski definition) is 1. The zero-order valence-corrected chi connectivity index (χ0v) is 11.6. The third-order valence-corrected chi connectivity index (χ3v) is 4.50. The zero-order chi connectivity index (χ0) is 11.8. The van der Waals surface area contributed by atoms with Crippen molar-refractivity contribution in [3.8, 4) is 0 Å². The summed E-state index contributed by atoms with van der Waals surface area (Å²) in [6, 6.07) is 0.843. The summed E-state index contributed by atoms with van der Waals surface area (Å²) in [4.78, 5) is 0. The van der Waals surface area contributed by atoms with E-state index >= 15 is 0 Å². The van der Waals surface area contributed by atoms with Gasteiger partial charge in [-0.2, -0.15) is 0 Å². The second-order valence-electron chi connectivity index (χ2n) is 6.31. The van der Waals surface area contributed by atoms with Gasteiger partial charge in [-0.3, -0.25) is 0 Å². The highest BCUT2D eigenvalue weighted by molar-refractivity contribution is 4.78. The Kier molecular flexibility index (Phi) is 6.41. The average Bonchev–Trinajstić information content (AvgIpc) is 3.12. The van der Waals surface area contributed by atoms with Crippen LogP contribution in [0, 0.1) is 5.92 Å². The van der Waals surface area contributed by atoms with E-state index in [4.69, 9.17) is 0 Å². The predicted molar refractivity (Wildman–Crippen MR) is 75.3 cm³/mol. The number of hydrogen-bond acceptors (Lipinski definition) is 1. The van der Waals surface area contributed by atoms with Crippen LogP contribution in [0.2, 0.25) is 0 Å². The molecule has 100 valence electrons. The van der Waals surface area contributed by atoms with Gasteiger partial charge in [0, 0.05) is 6.04 Å². The van der Waals surface area contributed by atoms with Crippen LogP contribution in [0.5, 0.6) is 0 Å². The molecule has 0 bridgehead atoms. The lowest BCUT2D eigenvalue weighted by Crippen LogP contribution is -2.30. The molecule has 0 aromatic rings. The van der Waals surface area contributed by atoms with Gasteiger partial charge in [0.05, 0.1) is 0 Å². The highest BCUT2D eigenvalue weighted by Gasteiger charge is 2.21. The van der Waals surface area contributed by atoms with Gasteiger partial charge >= 0.3 is 0 Å². The van der Waals surface area contributed by atoms with Gasteiger partial charge in [0.2, 0.25) is 0 Å². The number of nitrogens with one attached hydrogen (secondary N) is 1. The minimum atomic E-state index is 0.843. The minimum Gasteiger partial charge on any atom is -0.314 e. The molecule has 2 aliphatic carbocycles. The molecule has 1 nitrogen and oxygen atoms in total. The highest BCUT2D eigenvalue weighted by atomic mass is 14.9. The lowest BCUT2D eigenvalue weighted by molar-refractivity contribution is 0.399. The summed E-state index contributed by atoms with van der Waals surface area (Å²) in [6.45, 7) is 1.31. The first-order valence-electron chi connectivity index (χ1n) is 8.18. The van der Waals surface area contributed by atoms with E-state index in [2.05, 4.69) is 5.32 Å². The molecule has 0 atom stereocenters. The fourth-order valence-corrected chi connectivity index (χ4v) is 3.02. The molecule has 2 aliphatic rings. The molecule has 0 aromatic heterocycles. The van der Waals surface area contributed by atoms with Crippen LogP contribution in [-0.2, 0) is 0 Å². The molecule has 0 aromatic carbocycles. The van der Waals surface area contributed by atoms with E-state index in [9.17, 15) is 0 Å². The molecule has 0 amide bonds. The summed E-state index contributed by atoms with van der Waals surface area (Å²) in [6.07, 6.45) is 19.1. The zero-order valence-electron chi connectivity index (χ0n) is 11.6. The van der Waals surface area contributed by atoms with Crippen molar-refractivity contribution in [2.45, 2.75) is 89.5 Å². The van der Waals surface area contributed by atoms with Crippen LogP contribution in [-0.4, -0.2) is 12.6 Å². The van der Waals surface area contributed by atoms with Gasteiger partial charge in [0.15, 0.2) is 0 Å². The molecule has 2 fully saturated rings. The lowest BCUT2D eigenvalue weighted by Gasteiger charge is -2.19. The van der Waals surface area contributed by atoms with E-state index in [1.807, 2.05) is 0 Å². The van der Waals surface area contributed by atoms with Crippen LogP contribution in [0.3, 0.4) is 0 Å². The molecule has 0 radical (unpaired) electrons. The van der Waals surface area contributed by atoms with Gasteiger partial charge in [0.1, 0.15) is 0 Å². The Morgan fingerprint density at radius 3 is 1.53 bits per heavy atom. The van der Waals surface area contributed by atoms with Crippen molar-refractivity contribution >= 4 is 0 Å². The van der Waals surface area contributed by atoms with E-state index in [1.54, 1.807) is 0 Å². The van der Waals surface area contributed by atoms with E-state index in [1.165, 1.54) is 90.0 Å². The van der Waals surface area contributed by atoms with Crippen molar-refractivity contribution in [3.63, 3.8) is 0 Å². The third kappa shape index (κ3) is 6.45. The first-order chi connectivity index (χ1) is 8.45. The second kappa shape index (κ2) is 8.13. The third-order valence-electron chi connectivity index (χ3n) is 4.50. The summed E-state index contributed by atoms with van der Waals surface area (Å²) >= 11 is 0. The Hall–Kier alpha value is -0.0400. The maximum atomic E-state index is 3.84. The van der Waals surface area contributed by atoms with Crippen molar-refractivity contribution in [2.75, 3.05) is 6.54 Å². The quantitative estimate of drug-likeness (QED) is 0.753. The lowest BCUT2D eigenvalue weighted by atomic mass is 9.98. The monoisotopic (exact) mass is 237 g/mol. The predicted octanol–water partition coefficient (Wildman–Crippen LogP) is 4.66. The topological polar surface area (TPSA) is 12.0 Å². The molecule has 0 unspecified atom stereocenters. The molecule has 0 heterocycles. The van der Waals surface area contributed by atoms with Crippen LogP contribution in [0.15, 0.2) is 0 Å². The van der Waals surface area contributed by atoms with Crippen LogP contribution >= 0.6 is 0 Å². The highest BCUT2D eigenvalue weighted by Crippen LogP contribution is 2.28. The molecule has 1 heteroatoms. The van der Waals surface area contributed by atoms with Crippen LogP contribution in [0.4, 0.5) is 0 Å². The SMILES string of the molecule is C1CCCCCC(NCC2CC2)CCCCC1. The van der Waals surface area contributed by atoms with Crippen molar-refractivity contribution in [1.82, 2.24) is 5.32 Å². The van der Waals surface area contributed by atoms with E-state index < -0.39 is 0 Å². The van der Waals surface area contributed by atoms with Gasteiger partial charge in [-0.1, -0.05) is 57.8 Å². The maximum Gasteiger partial charge on any atom is 0.00671 e. The summed E-state index contributed by atoms with van der Waals surface area (Å²) < 4.78 is 0. The molecule has 2 saturated carbocycles. The van der Waals surface area contributed by atoms with Crippen molar-refractivity contribution in [1.29, 1.82) is 0 Å². The maximum absolute atomic E-state index is 3.84. The average molecular weight is 237 g/mol. The summed E-state index contributed by atoms with van der Waals surface area (Å²) in [5.74, 6) is 1.04. The first kappa shape index (κ1) is 13.4. The van der Waals surface area contributed by atoms with Crippen LogP contribution in [0.1, 0.15) is 83.5 Å². The Morgan fingerprint density at radius 1 is 0.588 bits per heavy atom. The van der Waals surface area contributed by atoms with Crippen molar-refractivity contribution < 1.29 is 0 Å². The Morgan fingerprint density at radius 2 is 1.06 bits per heavy atom. The fourth-order valence-electron chi connectivity index (χ4n) is 3.02. The molecule has 1 N–H and O–H groups in total. The summed E-state index contributed by atoms with van der Waals surface area (Å²) in [5.41, 5.74) is 0. The molecular weight excluding hydrogens is 206 g/mol. The smallest absolute Gasteiger partial charge is 0.00671 e. The standard InChI is InChI=1S/C16H31N/c1-2-4-6-8-10-16(11-9-7-5-3-1)17-14-15-12-13-15/h15-17H,1-14H2. The van der Waals surface area contributed by atoms with Crippen LogP contribution in [0.25, 0.3) is 0 Å². The van der Waals surface area contributed by atoms with Gasteiger partial charge in [-0.05, 0) is 38.1 Å². The van der Waals surface area contributed by atoms with Crippen LogP contribution < -0.4 is 5.32 Å². The first-order valence-corrected chi connectivity index (χ1v) is 8.18. The van der Waals surface area contributed by atoms with E-state index in [-0.39, 0.29) is 0 Å². The van der Waals surface area contributed by atoms with Gasteiger partial charge in [0.25, 0.3) is 0 Å². The Labute approximate surface area is 108 Å². The van der Waals surface area contributed by atoms with E-state index in [0.29, 0.717) is 0 Å². The molecule has 17 heavy (non-hydrogen) atoms. The minimum absolute atomic E-state index is 0.843. The normalized spacial score (nSPS) is 26.1. The largest absolute Gasteiger partial charge is 0.314 e. The molecule has 0 spiro atoms. The Bertz CT molecular complexity index is 174. The van der Waals surface area contributed by atoms with Gasteiger partial charge < -0.3 is 5.32 Å². The van der Waals surface area contributed by atoms with Gasteiger partial charge in [-0.15, -0.1) is 0 Å². The summed E-state index contributed by atoms with van der Waals surface area (Å²) in [5, 5.41) is 3.84. The molecule has 2 rings (SSSR count). The van der Waals surface area contributed by atoms with E-state index in [0.717, 1.165) is 12.0 Å². The summed E-state index contributed by atoms with van der Waals surface area (Å²) in [7, 11) is 0.